The lowest BCUT2D eigenvalue weighted by molar-refractivity contribution is 0.476. The second-order valence-electron chi connectivity index (χ2n) is 4.70. The van der Waals surface area contributed by atoms with E-state index in [1.165, 1.54) is 0 Å². The molecule has 1 aromatic heterocycles. The van der Waals surface area contributed by atoms with Gasteiger partial charge in [0.1, 0.15) is 22.4 Å². The summed E-state index contributed by atoms with van der Waals surface area (Å²) in [6.45, 7) is 9.62. The minimum atomic E-state index is 0.0684. The van der Waals surface area contributed by atoms with E-state index in [0.29, 0.717) is 0 Å². The number of nitrogens with zero attached hydrogens (tertiary/aromatic N) is 2. The first-order valence-corrected chi connectivity index (χ1v) is 7.38. The average Bonchev–Trinajstić information content (AvgIpc) is 2.39. The molecule has 0 aromatic carbocycles. The van der Waals surface area contributed by atoms with Gasteiger partial charge in [0, 0.05) is 12.1 Å². The molecular formula is C13H23BrN4. The first-order chi connectivity index (χ1) is 8.56. The van der Waals surface area contributed by atoms with Crippen molar-refractivity contribution in [2.75, 3.05) is 17.2 Å². The molecule has 0 fully saturated rings. The first-order valence-electron chi connectivity index (χ1n) is 6.58. The summed E-state index contributed by atoms with van der Waals surface area (Å²) in [4.78, 5) is 8.57. The van der Waals surface area contributed by atoms with Crippen LogP contribution in [0.5, 0.6) is 0 Å². The predicted octanol–water partition coefficient (Wildman–Crippen LogP) is 4.05. The Morgan fingerprint density at radius 1 is 1.17 bits per heavy atom. The Bertz CT molecular complexity index is 377. The van der Waals surface area contributed by atoms with E-state index in [9.17, 15) is 0 Å². The molecule has 1 rings (SSSR count). The molecule has 2 N–H and O–H groups in total. The van der Waals surface area contributed by atoms with Crippen LogP contribution in [0.25, 0.3) is 0 Å². The summed E-state index contributed by atoms with van der Waals surface area (Å²) in [5.41, 5.74) is 0.0684. The van der Waals surface area contributed by atoms with Crippen LogP contribution in [0.3, 0.4) is 0 Å². The van der Waals surface area contributed by atoms with Crippen LogP contribution in [0, 0.1) is 0 Å². The monoisotopic (exact) mass is 314 g/mol. The minimum Gasteiger partial charge on any atom is -0.369 e. The Hall–Kier alpha value is -0.840. The van der Waals surface area contributed by atoms with Crippen molar-refractivity contribution in [2.45, 2.75) is 52.5 Å². The van der Waals surface area contributed by atoms with Gasteiger partial charge in [0.25, 0.3) is 0 Å². The van der Waals surface area contributed by atoms with E-state index in [0.717, 1.165) is 41.9 Å². The molecule has 5 heteroatoms. The lowest BCUT2D eigenvalue weighted by Crippen LogP contribution is -2.33. The fraction of sp³-hybridized carbons (Fsp3) is 0.692. The van der Waals surface area contributed by atoms with Gasteiger partial charge in [-0.15, -0.1) is 0 Å². The van der Waals surface area contributed by atoms with Crippen molar-refractivity contribution < 1.29 is 0 Å². The SMILES string of the molecule is CCCNc1ncnc(NC(C)(CC)CC)c1Br. The van der Waals surface area contributed by atoms with Crippen LogP contribution in [-0.2, 0) is 0 Å². The Labute approximate surface area is 118 Å². The van der Waals surface area contributed by atoms with Crippen molar-refractivity contribution in [1.29, 1.82) is 0 Å². The third-order valence-electron chi connectivity index (χ3n) is 3.31. The van der Waals surface area contributed by atoms with Crippen LogP contribution in [0.1, 0.15) is 47.0 Å². The molecule has 0 bridgehead atoms. The maximum atomic E-state index is 4.32. The van der Waals surface area contributed by atoms with E-state index in [1.807, 2.05) is 0 Å². The fourth-order valence-electron chi connectivity index (χ4n) is 1.54. The third-order valence-corrected chi connectivity index (χ3v) is 4.06. The van der Waals surface area contributed by atoms with E-state index < -0.39 is 0 Å². The summed E-state index contributed by atoms with van der Waals surface area (Å²) in [6, 6.07) is 0. The molecular weight excluding hydrogens is 292 g/mol. The van der Waals surface area contributed by atoms with Gasteiger partial charge in [-0.3, -0.25) is 0 Å². The molecule has 0 saturated heterocycles. The zero-order valence-electron chi connectivity index (χ0n) is 11.7. The van der Waals surface area contributed by atoms with Gasteiger partial charge in [-0.2, -0.15) is 0 Å². The van der Waals surface area contributed by atoms with Crippen molar-refractivity contribution in [1.82, 2.24) is 9.97 Å². The van der Waals surface area contributed by atoms with Crippen molar-refractivity contribution in [3.63, 3.8) is 0 Å². The number of aromatic nitrogens is 2. The standard InChI is InChI=1S/C13H23BrN4/c1-5-8-15-11-10(14)12(17-9-16-11)18-13(4,6-2)7-3/h9H,5-8H2,1-4H3,(H2,15,16,17,18). The highest BCUT2D eigenvalue weighted by Gasteiger charge is 2.21. The van der Waals surface area contributed by atoms with E-state index >= 15 is 0 Å². The fourth-order valence-corrected chi connectivity index (χ4v) is 1.98. The van der Waals surface area contributed by atoms with Crippen molar-refractivity contribution in [3.8, 4) is 0 Å². The van der Waals surface area contributed by atoms with Gasteiger partial charge in [-0.25, -0.2) is 9.97 Å². The van der Waals surface area contributed by atoms with E-state index in [2.05, 4.69) is 64.2 Å². The molecule has 0 spiro atoms. The number of hydrogen-bond acceptors (Lipinski definition) is 4. The molecule has 4 nitrogen and oxygen atoms in total. The van der Waals surface area contributed by atoms with E-state index in [4.69, 9.17) is 0 Å². The van der Waals surface area contributed by atoms with Crippen LogP contribution in [0.2, 0.25) is 0 Å². The molecule has 0 aliphatic carbocycles. The Kier molecular flexibility index (Phi) is 5.85. The quantitative estimate of drug-likeness (QED) is 0.797. The second-order valence-corrected chi connectivity index (χ2v) is 5.50. The predicted molar refractivity (Wildman–Crippen MR) is 81.1 cm³/mol. The minimum absolute atomic E-state index is 0.0684. The Morgan fingerprint density at radius 3 is 2.33 bits per heavy atom. The van der Waals surface area contributed by atoms with Gasteiger partial charge in [0.2, 0.25) is 0 Å². The maximum absolute atomic E-state index is 4.32. The third kappa shape index (κ3) is 3.83. The van der Waals surface area contributed by atoms with Crippen LogP contribution < -0.4 is 10.6 Å². The highest BCUT2D eigenvalue weighted by molar-refractivity contribution is 9.10. The summed E-state index contributed by atoms with van der Waals surface area (Å²) in [5, 5.41) is 6.79. The smallest absolute Gasteiger partial charge is 0.146 e. The van der Waals surface area contributed by atoms with Crippen LogP contribution in [0.15, 0.2) is 10.8 Å². The number of nitrogens with one attached hydrogen (secondary N) is 2. The maximum Gasteiger partial charge on any atom is 0.146 e. The lowest BCUT2D eigenvalue weighted by atomic mass is 9.96. The zero-order valence-corrected chi connectivity index (χ0v) is 13.3. The highest BCUT2D eigenvalue weighted by atomic mass is 79.9. The first kappa shape index (κ1) is 15.2. The van der Waals surface area contributed by atoms with Gasteiger partial charge in [-0.1, -0.05) is 20.8 Å². The van der Waals surface area contributed by atoms with E-state index in [-0.39, 0.29) is 5.54 Å². The molecule has 102 valence electrons. The highest BCUT2D eigenvalue weighted by Crippen LogP contribution is 2.30. The molecule has 0 saturated carbocycles. The molecule has 0 aliphatic rings. The number of halogens is 1. The summed E-state index contributed by atoms with van der Waals surface area (Å²) in [5.74, 6) is 1.71. The Morgan fingerprint density at radius 2 is 1.78 bits per heavy atom. The van der Waals surface area contributed by atoms with Crippen LogP contribution in [0.4, 0.5) is 11.6 Å². The summed E-state index contributed by atoms with van der Waals surface area (Å²) < 4.78 is 0.909. The van der Waals surface area contributed by atoms with Gasteiger partial charge in [-0.05, 0) is 42.1 Å². The zero-order chi connectivity index (χ0) is 13.6. The number of rotatable bonds is 7. The topological polar surface area (TPSA) is 49.8 Å². The molecule has 18 heavy (non-hydrogen) atoms. The molecule has 1 heterocycles. The van der Waals surface area contributed by atoms with Crippen molar-refractivity contribution in [2.24, 2.45) is 0 Å². The second kappa shape index (κ2) is 6.92. The Balaban J connectivity index is 2.89. The summed E-state index contributed by atoms with van der Waals surface area (Å²) in [7, 11) is 0. The lowest BCUT2D eigenvalue weighted by Gasteiger charge is -2.29. The van der Waals surface area contributed by atoms with Crippen molar-refractivity contribution >= 4 is 27.6 Å². The molecule has 0 amide bonds. The van der Waals surface area contributed by atoms with Gasteiger partial charge < -0.3 is 10.6 Å². The number of hydrogen-bond donors (Lipinski definition) is 2. The number of anilines is 2. The van der Waals surface area contributed by atoms with Crippen molar-refractivity contribution in [3.05, 3.63) is 10.8 Å². The summed E-state index contributed by atoms with van der Waals surface area (Å²) in [6.07, 6.45) is 4.77. The molecule has 0 aliphatic heterocycles. The molecule has 0 radical (unpaired) electrons. The summed E-state index contributed by atoms with van der Waals surface area (Å²) >= 11 is 3.57. The molecule has 0 unspecified atom stereocenters. The largest absolute Gasteiger partial charge is 0.369 e. The van der Waals surface area contributed by atoms with E-state index in [1.54, 1.807) is 6.33 Å². The molecule has 0 atom stereocenters. The average molecular weight is 315 g/mol. The van der Waals surface area contributed by atoms with Gasteiger partial charge >= 0.3 is 0 Å². The molecule has 1 aromatic rings. The normalized spacial score (nSPS) is 11.4. The van der Waals surface area contributed by atoms with Gasteiger partial charge in [0.15, 0.2) is 0 Å². The van der Waals surface area contributed by atoms with Crippen LogP contribution >= 0.6 is 15.9 Å². The van der Waals surface area contributed by atoms with Gasteiger partial charge in [0.05, 0.1) is 0 Å². The van der Waals surface area contributed by atoms with Crippen LogP contribution in [-0.4, -0.2) is 22.1 Å².